The largest absolute Gasteiger partial charge is 0.399 e. The van der Waals surface area contributed by atoms with Gasteiger partial charge in [-0.25, -0.2) is 4.98 Å². The summed E-state index contributed by atoms with van der Waals surface area (Å²) in [5.41, 5.74) is 7.48. The first-order valence-electron chi connectivity index (χ1n) is 6.05. The van der Waals surface area contributed by atoms with Crippen LogP contribution in [0.3, 0.4) is 0 Å². The molecule has 0 saturated heterocycles. The average molecular weight is 342 g/mol. The van der Waals surface area contributed by atoms with E-state index in [-0.39, 0.29) is 11.7 Å². The number of nitrogens with two attached hydrogens (primary N) is 1. The lowest BCUT2D eigenvalue weighted by Crippen LogP contribution is -2.15. The maximum absolute atomic E-state index is 11.9. The molecule has 4 nitrogen and oxygen atoms in total. The second-order valence-electron chi connectivity index (χ2n) is 4.35. The SMILES string of the molecule is Cc1ccc(N)cc1SCC(=O)Nc1ncc(Cl)cc1Cl. The Kier molecular flexibility index (Phi) is 5.33. The zero-order valence-corrected chi connectivity index (χ0v) is 13.5. The Hall–Kier alpha value is -1.43. The minimum absolute atomic E-state index is 0.196. The fourth-order valence-electron chi connectivity index (χ4n) is 1.59. The van der Waals surface area contributed by atoms with Crippen molar-refractivity contribution in [2.24, 2.45) is 0 Å². The molecule has 110 valence electrons. The summed E-state index contributed by atoms with van der Waals surface area (Å²) in [6.45, 7) is 1.97. The summed E-state index contributed by atoms with van der Waals surface area (Å²) < 4.78 is 0. The molecule has 2 rings (SSSR count). The van der Waals surface area contributed by atoms with E-state index in [2.05, 4.69) is 10.3 Å². The van der Waals surface area contributed by atoms with E-state index >= 15 is 0 Å². The quantitative estimate of drug-likeness (QED) is 0.651. The predicted octanol–water partition coefficient (Wildman–Crippen LogP) is 4.01. The number of halogens is 2. The monoisotopic (exact) mass is 341 g/mol. The van der Waals surface area contributed by atoms with E-state index in [1.807, 2.05) is 25.1 Å². The first-order valence-corrected chi connectivity index (χ1v) is 7.79. The predicted molar refractivity (Wildman–Crippen MR) is 89.2 cm³/mol. The van der Waals surface area contributed by atoms with E-state index in [1.165, 1.54) is 24.0 Å². The molecule has 0 radical (unpaired) electrons. The summed E-state index contributed by atoms with van der Waals surface area (Å²) >= 11 is 13.1. The van der Waals surface area contributed by atoms with Crippen molar-refractivity contribution in [3.8, 4) is 0 Å². The fourth-order valence-corrected chi connectivity index (χ4v) is 2.89. The molecule has 0 unspecified atom stereocenters. The molecule has 1 aromatic heterocycles. The smallest absolute Gasteiger partial charge is 0.235 e. The highest BCUT2D eigenvalue weighted by molar-refractivity contribution is 8.00. The highest BCUT2D eigenvalue weighted by Gasteiger charge is 2.09. The fraction of sp³-hybridized carbons (Fsp3) is 0.143. The van der Waals surface area contributed by atoms with Gasteiger partial charge < -0.3 is 11.1 Å². The van der Waals surface area contributed by atoms with E-state index in [9.17, 15) is 4.79 Å². The van der Waals surface area contributed by atoms with E-state index in [4.69, 9.17) is 28.9 Å². The van der Waals surface area contributed by atoms with Crippen LogP contribution in [0, 0.1) is 6.92 Å². The standard InChI is InChI=1S/C14H13Cl2N3OS/c1-8-2-3-10(17)5-12(8)21-7-13(20)19-14-11(16)4-9(15)6-18-14/h2-6H,7,17H2,1H3,(H,18,19,20). The maximum atomic E-state index is 11.9. The van der Waals surface area contributed by atoms with Gasteiger partial charge in [-0.05, 0) is 30.7 Å². The van der Waals surface area contributed by atoms with Crippen molar-refractivity contribution >= 4 is 52.4 Å². The molecular formula is C14H13Cl2N3OS. The summed E-state index contributed by atoms with van der Waals surface area (Å²) in [4.78, 5) is 16.9. The van der Waals surface area contributed by atoms with Gasteiger partial charge in [-0.3, -0.25) is 4.79 Å². The molecule has 7 heteroatoms. The number of aromatic nitrogens is 1. The van der Waals surface area contributed by atoms with Crippen LogP contribution < -0.4 is 11.1 Å². The molecule has 0 aliphatic rings. The number of hydrogen-bond donors (Lipinski definition) is 2. The number of rotatable bonds is 4. The van der Waals surface area contributed by atoms with Crippen molar-refractivity contribution in [2.75, 3.05) is 16.8 Å². The second-order valence-corrected chi connectivity index (χ2v) is 6.21. The van der Waals surface area contributed by atoms with Gasteiger partial charge in [0.1, 0.15) is 0 Å². The number of nitrogens with zero attached hydrogens (tertiary/aromatic N) is 1. The van der Waals surface area contributed by atoms with Crippen LogP contribution in [-0.4, -0.2) is 16.6 Å². The number of amides is 1. The van der Waals surface area contributed by atoms with Crippen LogP contribution in [0.5, 0.6) is 0 Å². The number of carbonyl (C=O) groups excluding carboxylic acids is 1. The van der Waals surface area contributed by atoms with Gasteiger partial charge in [0, 0.05) is 16.8 Å². The summed E-state index contributed by atoms with van der Waals surface area (Å²) in [5.74, 6) is 0.347. The van der Waals surface area contributed by atoms with Crippen LogP contribution in [0.15, 0.2) is 35.4 Å². The van der Waals surface area contributed by atoms with Crippen molar-refractivity contribution in [3.05, 3.63) is 46.1 Å². The van der Waals surface area contributed by atoms with Crippen LogP contribution in [0.25, 0.3) is 0 Å². The Morgan fingerprint density at radius 1 is 1.38 bits per heavy atom. The highest BCUT2D eigenvalue weighted by atomic mass is 35.5. The van der Waals surface area contributed by atoms with Crippen molar-refractivity contribution in [1.82, 2.24) is 4.98 Å². The van der Waals surface area contributed by atoms with Crippen molar-refractivity contribution in [1.29, 1.82) is 0 Å². The van der Waals surface area contributed by atoms with Crippen LogP contribution in [0.4, 0.5) is 11.5 Å². The molecule has 1 aromatic carbocycles. The molecule has 0 atom stereocenters. The van der Waals surface area contributed by atoms with Crippen LogP contribution >= 0.6 is 35.0 Å². The number of nitrogens with one attached hydrogen (secondary N) is 1. The molecular weight excluding hydrogens is 329 g/mol. The second kappa shape index (κ2) is 7.02. The Morgan fingerprint density at radius 3 is 2.86 bits per heavy atom. The summed E-state index contributed by atoms with van der Waals surface area (Å²) in [6, 6.07) is 7.13. The molecule has 0 aliphatic carbocycles. The Balaban J connectivity index is 1.97. The van der Waals surface area contributed by atoms with E-state index < -0.39 is 0 Å². The van der Waals surface area contributed by atoms with Crippen molar-refractivity contribution in [2.45, 2.75) is 11.8 Å². The van der Waals surface area contributed by atoms with Gasteiger partial charge >= 0.3 is 0 Å². The lowest BCUT2D eigenvalue weighted by Gasteiger charge is -2.08. The third-order valence-corrected chi connectivity index (χ3v) is 4.29. The minimum atomic E-state index is -0.196. The number of carbonyl (C=O) groups is 1. The molecule has 0 bridgehead atoms. The van der Waals surface area contributed by atoms with Gasteiger partial charge in [0.15, 0.2) is 5.82 Å². The zero-order chi connectivity index (χ0) is 15.4. The maximum Gasteiger partial charge on any atom is 0.235 e. The molecule has 21 heavy (non-hydrogen) atoms. The molecule has 1 heterocycles. The van der Waals surface area contributed by atoms with Gasteiger partial charge in [-0.2, -0.15) is 0 Å². The van der Waals surface area contributed by atoms with Gasteiger partial charge in [0.05, 0.1) is 15.8 Å². The van der Waals surface area contributed by atoms with Gasteiger partial charge in [-0.1, -0.05) is 29.3 Å². The molecule has 2 aromatic rings. The van der Waals surface area contributed by atoms with Gasteiger partial charge in [0.2, 0.25) is 5.91 Å². The number of nitrogen functional groups attached to an aromatic ring is 1. The van der Waals surface area contributed by atoms with Crippen LogP contribution in [0.2, 0.25) is 10.0 Å². The number of benzene rings is 1. The van der Waals surface area contributed by atoms with Gasteiger partial charge in [0.25, 0.3) is 0 Å². The number of hydrogen-bond acceptors (Lipinski definition) is 4. The third kappa shape index (κ3) is 4.52. The third-order valence-electron chi connectivity index (χ3n) is 2.64. The Morgan fingerprint density at radius 2 is 2.14 bits per heavy atom. The Bertz CT molecular complexity index is 679. The van der Waals surface area contributed by atoms with E-state index in [0.29, 0.717) is 21.6 Å². The first-order chi connectivity index (χ1) is 9.95. The number of aryl methyl sites for hydroxylation is 1. The minimum Gasteiger partial charge on any atom is -0.399 e. The average Bonchev–Trinajstić information content (AvgIpc) is 2.43. The zero-order valence-electron chi connectivity index (χ0n) is 11.2. The first kappa shape index (κ1) is 15.9. The summed E-state index contributed by atoms with van der Waals surface area (Å²) in [6.07, 6.45) is 1.43. The highest BCUT2D eigenvalue weighted by Crippen LogP contribution is 2.26. The topological polar surface area (TPSA) is 68.0 Å². The van der Waals surface area contributed by atoms with Crippen molar-refractivity contribution in [3.63, 3.8) is 0 Å². The van der Waals surface area contributed by atoms with E-state index in [1.54, 1.807) is 0 Å². The lowest BCUT2D eigenvalue weighted by molar-refractivity contribution is -0.113. The summed E-state index contributed by atoms with van der Waals surface area (Å²) in [7, 11) is 0. The molecule has 1 amide bonds. The van der Waals surface area contributed by atoms with Crippen LogP contribution in [0.1, 0.15) is 5.56 Å². The normalized spacial score (nSPS) is 10.4. The molecule has 0 fully saturated rings. The molecule has 0 spiro atoms. The molecule has 0 aliphatic heterocycles. The molecule has 3 N–H and O–H groups in total. The Labute approximate surface area is 137 Å². The van der Waals surface area contributed by atoms with Gasteiger partial charge in [-0.15, -0.1) is 11.8 Å². The molecule has 0 saturated carbocycles. The van der Waals surface area contributed by atoms with E-state index in [0.717, 1.165) is 10.5 Å². The number of pyridine rings is 1. The number of anilines is 2. The van der Waals surface area contributed by atoms with Crippen molar-refractivity contribution < 1.29 is 4.79 Å². The lowest BCUT2D eigenvalue weighted by atomic mass is 10.2. The van der Waals surface area contributed by atoms with Crippen LogP contribution in [-0.2, 0) is 4.79 Å². The number of thioether (sulfide) groups is 1. The summed E-state index contributed by atoms with van der Waals surface area (Å²) in [5, 5.41) is 3.37.